The van der Waals surface area contributed by atoms with Crippen molar-refractivity contribution in [2.45, 2.75) is 38.8 Å². The van der Waals surface area contributed by atoms with E-state index in [9.17, 15) is 0 Å². The molecule has 1 aromatic carbocycles. The monoisotopic (exact) mass is 204 g/mol. The van der Waals surface area contributed by atoms with Gasteiger partial charge in [0.05, 0.1) is 0 Å². The number of rotatable bonds is 3. The van der Waals surface area contributed by atoms with Crippen molar-refractivity contribution in [2.24, 2.45) is 5.73 Å². The summed E-state index contributed by atoms with van der Waals surface area (Å²) in [7, 11) is 0. The second-order valence-corrected chi connectivity index (χ2v) is 4.49. The molecular weight excluding hydrogens is 184 g/mol. The Labute approximate surface area is 92.1 Å². The predicted octanol–water partition coefficient (Wildman–Crippen LogP) is 2.17. The molecule has 1 aliphatic rings. The van der Waals surface area contributed by atoms with Crippen molar-refractivity contribution in [3.63, 3.8) is 0 Å². The number of nitrogens with zero attached hydrogens (tertiary/aromatic N) is 1. The molecule has 0 bridgehead atoms. The Morgan fingerprint density at radius 1 is 1.47 bits per heavy atom. The number of benzene rings is 1. The third-order valence-corrected chi connectivity index (χ3v) is 3.18. The van der Waals surface area contributed by atoms with Crippen molar-refractivity contribution in [1.29, 1.82) is 0 Å². The Kier molecular flexibility index (Phi) is 2.96. The van der Waals surface area contributed by atoms with Crippen molar-refractivity contribution in [1.82, 2.24) is 0 Å². The zero-order valence-corrected chi connectivity index (χ0v) is 9.61. The molecule has 1 aliphatic heterocycles. The van der Waals surface area contributed by atoms with Gasteiger partial charge >= 0.3 is 0 Å². The minimum absolute atomic E-state index is 0.290. The van der Waals surface area contributed by atoms with Crippen LogP contribution < -0.4 is 10.6 Å². The van der Waals surface area contributed by atoms with Gasteiger partial charge in [0.15, 0.2) is 0 Å². The van der Waals surface area contributed by atoms with Crippen LogP contribution in [0.2, 0.25) is 0 Å². The molecule has 15 heavy (non-hydrogen) atoms. The SMILES string of the molecule is CCN1c2ccccc2CC1CC(C)N. The van der Waals surface area contributed by atoms with Crippen LogP contribution in [0.15, 0.2) is 24.3 Å². The number of para-hydroxylation sites is 1. The zero-order valence-electron chi connectivity index (χ0n) is 9.61. The second-order valence-electron chi connectivity index (χ2n) is 4.49. The van der Waals surface area contributed by atoms with Crippen LogP contribution in [0.3, 0.4) is 0 Å². The molecule has 2 N–H and O–H groups in total. The molecule has 0 aliphatic carbocycles. The van der Waals surface area contributed by atoms with Crippen molar-refractivity contribution in [3.05, 3.63) is 29.8 Å². The zero-order chi connectivity index (χ0) is 10.8. The minimum atomic E-state index is 0.290. The van der Waals surface area contributed by atoms with Gasteiger partial charge in [-0.05, 0) is 38.3 Å². The Morgan fingerprint density at radius 3 is 2.87 bits per heavy atom. The number of fused-ring (bicyclic) bond motifs is 1. The van der Waals surface area contributed by atoms with E-state index in [4.69, 9.17) is 5.73 Å². The van der Waals surface area contributed by atoms with Gasteiger partial charge in [-0.2, -0.15) is 0 Å². The van der Waals surface area contributed by atoms with E-state index in [0.29, 0.717) is 12.1 Å². The van der Waals surface area contributed by atoms with Crippen molar-refractivity contribution in [2.75, 3.05) is 11.4 Å². The molecule has 2 atom stereocenters. The van der Waals surface area contributed by atoms with Gasteiger partial charge in [0, 0.05) is 24.3 Å². The fourth-order valence-electron chi connectivity index (χ4n) is 2.59. The van der Waals surface area contributed by atoms with Crippen molar-refractivity contribution < 1.29 is 0 Å². The maximum absolute atomic E-state index is 5.90. The summed E-state index contributed by atoms with van der Waals surface area (Å²) in [5.41, 5.74) is 8.78. The molecule has 2 heteroatoms. The van der Waals surface area contributed by atoms with E-state index in [0.717, 1.165) is 19.4 Å². The van der Waals surface area contributed by atoms with Crippen molar-refractivity contribution in [3.8, 4) is 0 Å². The number of hydrogen-bond acceptors (Lipinski definition) is 2. The van der Waals surface area contributed by atoms with Crippen LogP contribution in [0.4, 0.5) is 5.69 Å². The van der Waals surface area contributed by atoms with Gasteiger partial charge in [-0.3, -0.25) is 0 Å². The van der Waals surface area contributed by atoms with E-state index < -0.39 is 0 Å². The van der Waals surface area contributed by atoms with E-state index in [1.165, 1.54) is 11.3 Å². The van der Waals surface area contributed by atoms with Crippen LogP contribution in [0.1, 0.15) is 25.8 Å². The first kappa shape index (κ1) is 10.5. The summed E-state index contributed by atoms with van der Waals surface area (Å²) in [6, 6.07) is 9.60. The van der Waals surface area contributed by atoms with E-state index in [1.54, 1.807) is 0 Å². The largest absolute Gasteiger partial charge is 0.368 e. The molecule has 0 amide bonds. The number of likely N-dealkylation sites (N-methyl/N-ethyl adjacent to an activating group) is 1. The summed E-state index contributed by atoms with van der Waals surface area (Å²) in [4.78, 5) is 2.48. The molecule has 2 nitrogen and oxygen atoms in total. The lowest BCUT2D eigenvalue weighted by Gasteiger charge is -2.27. The molecule has 0 aromatic heterocycles. The van der Waals surface area contributed by atoms with Crippen LogP contribution in [-0.2, 0) is 6.42 Å². The molecule has 1 heterocycles. The average molecular weight is 204 g/mol. The Hall–Kier alpha value is -1.02. The molecule has 0 saturated carbocycles. The molecule has 0 fully saturated rings. The van der Waals surface area contributed by atoms with Crippen LogP contribution >= 0.6 is 0 Å². The summed E-state index contributed by atoms with van der Waals surface area (Å²) < 4.78 is 0. The number of nitrogens with two attached hydrogens (primary N) is 1. The first-order chi connectivity index (χ1) is 7.22. The molecule has 0 spiro atoms. The summed E-state index contributed by atoms with van der Waals surface area (Å²) in [5, 5.41) is 0. The first-order valence-electron chi connectivity index (χ1n) is 5.82. The standard InChI is InChI=1S/C13H20N2/c1-3-15-12(8-10(2)14)9-11-6-4-5-7-13(11)15/h4-7,10,12H,3,8-9,14H2,1-2H3. The fourth-order valence-corrected chi connectivity index (χ4v) is 2.59. The molecule has 2 unspecified atom stereocenters. The van der Waals surface area contributed by atoms with Gasteiger partial charge in [-0.15, -0.1) is 0 Å². The molecule has 1 aromatic rings. The molecule has 0 radical (unpaired) electrons. The number of anilines is 1. The lowest BCUT2D eigenvalue weighted by molar-refractivity contribution is 0.529. The topological polar surface area (TPSA) is 29.3 Å². The fraction of sp³-hybridized carbons (Fsp3) is 0.538. The van der Waals surface area contributed by atoms with Crippen LogP contribution in [0.25, 0.3) is 0 Å². The summed E-state index contributed by atoms with van der Waals surface area (Å²) in [5.74, 6) is 0. The maximum atomic E-state index is 5.90. The summed E-state index contributed by atoms with van der Waals surface area (Å²) in [6.07, 6.45) is 2.24. The van der Waals surface area contributed by atoms with E-state index >= 15 is 0 Å². The van der Waals surface area contributed by atoms with Gasteiger partial charge in [0.1, 0.15) is 0 Å². The average Bonchev–Trinajstić information content (AvgIpc) is 2.53. The third kappa shape index (κ3) is 2.00. The Bertz CT molecular complexity index is 333. The normalized spacial score (nSPS) is 21.5. The smallest absolute Gasteiger partial charge is 0.0402 e. The molecule has 0 saturated heterocycles. The highest BCUT2D eigenvalue weighted by molar-refractivity contribution is 5.59. The lowest BCUT2D eigenvalue weighted by atomic mass is 10.0. The van der Waals surface area contributed by atoms with Gasteiger partial charge in [-0.1, -0.05) is 18.2 Å². The van der Waals surface area contributed by atoms with Crippen LogP contribution in [0.5, 0.6) is 0 Å². The molecule has 82 valence electrons. The first-order valence-corrected chi connectivity index (χ1v) is 5.82. The van der Waals surface area contributed by atoms with E-state index in [1.807, 2.05) is 0 Å². The number of hydrogen-bond donors (Lipinski definition) is 1. The third-order valence-electron chi connectivity index (χ3n) is 3.18. The minimum Gasteiger partial charge on any atom is -0.368 e. The summed E-state index contributed by atoms with van der Waals surface area (Å²) >= 11 is 0. The van der Waals surface area contributed by atoms with Crippen molar-refractivity contribution >= 4 is 5.69 Å². The van der Waals surface area contributed by atoms with Crippen LogP contribution in [0, 0.1) is 0 Å². The highest BCUT2D eigenvalue weighted by atomic mass is 15.2. The highest BCUT2D eigenvalue weighted by Crippen LogP contribution is 2.33. The Morgan fingerprint density at radius 2 is 2.20 bits per heavy atom. The van der Waals surface area contributed by atoms with Gasteiger partial charge in [0.25, 0.3) is 0 Å². The maximum Gasteiger partial charge on any atom is 0.0402 e. The van der Waals surface area contributed by atoms with Gasteiger partial charge in [-0.25, -0.2) is 0 Å². The predicted molar refractivity (Wildman–Crippen MR) is 65.2 cm³/mol. The van der Waals surface area contributed by atoms with Gasteiger partial charge in [0.2, 0.25) is 0 Å². The Balaban J connectivity index is 2.21. The molecular formula is C13H20N2. The highest BCUT2D eigenvalue weighted by Gasteiger charge is 2.27. The van der Waals surface area contributed by atoms with Gasteiger partial charge < -0.3 is 10.6 Å². The van der Waals surface area contributed by atoms with E-state index in [2.05, 4.69) is 43.0 Å². The van der Waals surface area contributed by atoms with Crippen LogP contribution in [-0.4, -0.2) is 18.6 Å². The second kappa shape index (κ2) is 4.23. The lowest BCUT2D eigenvalue weighted by Crippen LogP contribution is -2.36. The quantitative estimate of drug-likeness (QED) is 0.817. The van der Waals surface area contributed by atoms with E-state index in [-0.39, 0.29) is 0 Å². The molecule has 2 rings (SSSR count). The summed E-state index contributed by atoms with van der Waals surface area (Å²) in [6.45, 7) is 5.39.